The molecule has 1 aromatic carbocycles. The number of hydrogen-bond acceptors (Lipinski definition) is 2. The Morgan fingerprint density at radius 1 is 1.33 bits per heavy atom. The SMILES string of the molecule is C[CH]c1ccccc1S(=O)(=O)O. The molecule has 0 saturated heterocycles. The van der Waals surface area contributed by atoms with Gasteiger partial charge < -0.3 is 0 Å². The van der Waals surface area contributed by atoms with Gasteiger partial charge >= 0.3 is 0 Å². The van der Waals surface area contributed by atoms with Gasteiger partial charge in [-0.2, -0.15) is 8.42 Å². The van der Waals surface area contributed by atoms with Crippen LogP contribution in [0.3, 0.4) is 0 Å². The first-order valence-electron chi connectivity index (χ1n) is 3.41. The lowest BCUT2D eigenvalue weighted by atomic mass is 10.2. The molecule has 3 nitrogen and oxygen atoms in total. The van der Waals surface area contributed by atoms with Gasteiger partial charge in [0.1, 0.15) is 0 Å². The van der Waals surface area contributed by atoms with Crippen molar-refractivity contribution in [2.24, 2.45) is 0 Å². The first-order chi connectivity index (χ1) is 5.55. The Balaban J connectivity index is 3.33. The zero-order valence-electron chi connectivity index (χ0n) is 6.56. The highest BCUT2D eigenvalue weighted by molar-refractivity contribution is 7.85. The molecule has 0 spiro atoms. The van der Waals surface area contributed by atoms with E-state index in [1.54, 1.807) is 31.5 Å². The van der Waals surface area contributed by atoms with Gasteiger partial charge in [0.2, 0.25) is 0 Å². The summed E-state index contributed by atoms with van der Waals surface area (Å²) in [5.41, 5.74) is 0.514. The molecule has 12 heavy (non-hydrogen) atoms. The summed E-state index contributed by atoms with van der Waals surface area (Å²) >= 11 is 0. The molecule has 0 unspecified atom stereocenters. The Hall–Kier alpha value is -0.870. The predicted octanol–water partition coefficient (Wildman–Crippen LogP) is 1.51. The minimum Gasteiger partial charge on any atom is -0.282 e. The van der Waals surface area contributed by atoms with Gasteiger partial charge in [0, 0.05) is 0 Å². The molecule has 0 aliphatic carbocycles. The van der Waals surface area contributed by atoms with Crippen LogP contribution in [0.1, 0.15) is 12.5 Å². The van der Waals surface area contributed by atoms with Gasteiger partial charge in [0.15, 0.2) is 0 Å². The van der Waals surface area contributed by atoms with Crippen LogP contribution >= 0.6 is 0 Å². The minimum absolute atomic E-state index is 0.0486. The number of hydrogen-bond donors (Lipinski definition) is 1. The third-order valence-corrected chi connectivity index (χ3v) is 2.44. The van der Waals surface area contributed by atoms with E-state index in [-0.39, 0.29) is 4.90 Å². The summed E-state index contributed by atoms with van der Waals surface area (Å²) in [5, 5.41) is 0. The third-order valence-electron chi connectivity index (χ3n) is 1.51. The lowest BCUT2D eigenvalue weighted by molar-refractivity contribution is 0.482. The van der Waals surface area contributed by atoms with Gasteiger partial charge in [-0.3, -0.25) is 4.55 Å². The molecule has 1 N–H and O–H groups in total. The molecule has 0 aliphatic rings. The van der Waals surface area contributed by atoms with E-state index in [0.29, 0.717) is 5.56 Å². The Bertz CT molecular complexity index is 368. The highest BCUT2D eigenvalue weighted by Gasteiger charge is 2.12. The summed E-state index contributed by atoms with van der Waals surface area (Å²) in [5.74, 6) is 0. The average molecular weight is 185 g/mol. The van der Waals surface area contributed by atoms with Crippen LogP contribution in [0.5, 0.6) is 0 Å². The number of rotatable bonds is 2. The van der Waals surface area contributed by atoms with Crippen molar-refractivity contribution in [3.63, 3.8) is 0 Å². The van der Waals surface area contributed by atoms with Crippen LogP contribution in [0.15, 0.2) is 29.2 Å². The van der Waals surface area contributed by atoms with E-state index in [4.69, 9.17) is 4.55 Å². The molecule has 1 aromatic rings. The zero-order chi connectivity index (χ0) is 9.19. The Labute approximate surface area is 71.8 Å². The highest BCUT2D eigenvalue weighted by Crippen LogP contribution is 2.15. The van der Waals surface area contributed by atoms with Crippen molar-refractivity contribution in [2.75, 3.05) is 0 Å². The molecule has 0 bridgehead atoms. The summed E-state index contributed by atoms with van der Waals surface area (Å²) in [7, 11) is -4.08. The summed E-state index contributed by atoms with van der Waals surface area (Å²) in [4.78, 5) is -0.0486. The molecule has 0 aromatic heterocycles. The normalized spacial score (nSPS) is 11.5. The summed E-state index contributed by atoms with van der Waals surface area (Å²) < 4.78 is 30.2. The van der Waals surface area contributed by atoms with E-state index in [9.17, 15) is 8.42 Å². The molecule has 0 amide bonds. The largest absolute Gasteiger partial charge is 0.294 e. The topological polar surface area (TPSA) is 54.4 Å². The molecule has 1 radical (unpaired) electrons. The fourth-order valence-corrected chi connectivity index (χ4v) is 1.69. The second-order valence-corrected chi connectivity index (χ2v) is 3.69. The van der Waals surface area contributed by atoms with Gasteiger partial charge in [-0.1, -0.05) is 25.1 Å². The third kappa shape index (κ3) is 1.84. The molecule has 0 aliphatic heterocycles. The van der Waals surface area contributed by atoms with E-state index >= 15 is 0 Å². The molecule has 0 fully saturated rings. The van der Waals surface area contributed by atoms with Crippen molar-refractivity contribution in [1.82, 2.24) is 0 Å². The van der Waals surface area contributed by atoms with Crippen molar-refractivity contribution >= 4 is 10.1 Å². The summed E-state index contributed by atoms with van der Waals surface area (Å²) in [6.45, 7) is 1.71. The van der Waals surface area contributed by atoms with Crippen molar-refractivity contribution in [3.8, 4) is 0 Å². The Morgan fingerprint density at radius 2 is 1.92 bits per heavy atom. The molecular weight excluding hydrogens is 176 g/mol. The van der Waals surface area contributed by atoms with E-state index in [2.05, 4.69) is 0 Å². The Kier molecular flexibility index (Phi) is 2.49. The van der Waals surface area contributed by atoms with Gasteiger partial charge in [-0.15, -0.1) is 0 Å². The van der Waals surface area contributed by atoms with E-state index in [1.807, 2.05) is 0 Å². The smallest absolute Gasteiger partial charge is 0.282 e. The standard InChI is InChI=1S/C8H9O3S/c1-2-7-5-3-4-6-8(7)12(9,10)11/h2-6H,1H3,(H,9,10,11). The predicted molar refractivity (Wildman–Crippen MR) is 45.3 cm³/mol. The van der Waals surface area contributed by atoms with Gasteiger partial charge in [0.05, 0.1) is 4.90 Å². The second-order valence-electron chi connectivity index (χ2n) is 2.30. The fourth-order valence-electron chi connectivity index (χ4n) is 0.954. The monoisotopic (exact) mass is 185 g/mol. The van der Waals surface area contributed by atoms with Gasteiger partial charge in [-0.05, 0) is 18.1 Å². The molecule has 4 heteroatoms. The van der Waals surface area contributed by atoms with Crippen LogP contribution in [0.2, 0.25) is 0 Å². The van der Waals surface area contributed by atoms with Crippen LogP contribution in [-0.4, -0.2) is 13.0 Å². The van der Waals surface area contributed by atoms with Crippen molar-refractivity contribution in [3.05, 3.63) is 36.2 Å². The maximum absolute atomic E-state index is 10.7. The van der Waals surface area contributed by atoms with E-state index in [0.717, 1.165) is 0 Å². The lowest BCUT2D eigenvalue weighted by Gasteiger charge is -2.02. The second kappa shape index (κ2) is 3.25. The summed E-state index contributed by atoms with van der Waals surface area (Å²) in [6.07, 6.45) is 1.63. The highest BCUT2D eigenvalue weighted by atomic mass is 32.2. The Morgan fingerprint density at radius 3 is 2.33 bits per heavy atom. The number of benzene rings is 1. The van der Waals surface area contributed by atoms with Crippen LogP contribution in [0, 0.1) is 6.42 Å². The maximum Gasteiger partial charge on any atom is 0.294 e. The summed E-state index contributed by atoms with van der Waals surface area (Å²) in [6, 6.07) is 6.27. The van der Waals surface area contributed by atoms with Crippen molar-refractivity contribution in [1.29, 1.82) is 0 Å². The van der Waals surface area contributed by atoms with Crippen molar-refractivity contribution in [2.45, 2.75) is 11.8 Å². The lowest BCUT2D eigenvalue weighted by Crippen LogP contribution is -2.01. The maximum atomic E-state index is 10.7. The van der Waals surface area contributed by atoms with E-state index in [1.165, 1.54) is 6.07 Å². The molecular formula is C8H9O3S. The molecule has 0 heterocycles. The zero-order valence-corrected chi connectivity index (χ0v) is 7.38. The molecule has 65 valence electrons. The van der Waals surface area contributed by atoms with Crippen molar-refractivity contribution < 1.29 is 13.0 Å². The fraction of sp³-hybridized carbons (Fsp3) is 0.125. The van der Waals surface area contributed by atoms with Gasteiger partial charge in [-0.25, -0.2) is 0 Å². The van der Waals surface area contributed by atoms with E-state index < -0.39 is 10.1 Å². The first kappa shape index (κ1) is 9.22. The molecule has 0 saturated carbocycles. The first-order valence-corrected chi connectivity index (χ1v) is 4.85. The average Bonchev–Trinajstić information content (AvgIpc) is 2.03. The molecule has 1 rings (SSSR count). The van der Waals surface area contributed by atoms with Gasteiger partial charge in [0.25, 0.3) is 10.1 Å². The minimum atomic E-state index is -4.08. The van der Waals surface area contributed by atoms with Crippen LogP contribution in [-0.2, 0) is 10.1 Å². The quantitative estimate of drug-likeness (QED) is 0.710. The van der Waals surface area contributed by atoms with Crippen LogP contribution in [0.25, 0.3) is 0 Å². The van der Waals surface area contributed by atoms with Crippen LogP contribution < -0.4 is 0 Å². The van der Waals surface area contributed by atoms with Crippen LogP contribution in [0.4, 0.5) is 0 Å². The molecule has 0 atom stereocenters.